The first kappa shape index (κ1) is 12.1. The van der Waals surface area contributed by atoms with E-state index in [9.17, 15) is 5.11 Å². The molecule has 3 nitrogen and oxygen atoms in total. The van der Waals surface area contributed by atoms with Gasteiger partial charge in [0, 0.05) is 11.6 Å². The van der Waals surface area contributed by atoms with Gasteiger partial charge in [-0.3, -0.25) is 0 Å². The van der Waals surface area contributed by atoms with Gasteiger partial charge in [-0.25, -0.2) is 0 Å². The fraction of sp³-hybridized carbons (Fsp3) is 0.333. The van der Waals surface area contributed by atoms with Crippen LogP contribution in [0.4, 0.5) is 0 Å². The number of hydrogen-bond acceptors (Lipinski definition) is 3. The molecule has 0 aliphatic heterocycles. The lowest BCUT2D eigenvalue weighted by atomic mass is 10.0. The predicted molar refractivity (Wildman–Crippen MR) is 54.2 cm³/mol. The number of hydrogen-bond donors (Lipinski definition) is 3. The minimum absolute atomic E-state index is 0. The number of benzene rings is 1. The van der Waals surface area contributed by atoms with E-state index < -0.39 is 0 Å². The molecular formula is C9H14ClNO2. The summed E-state index contributed by atoms with van der Waals surface area (Å²) in [6, 6.07) is 4.15. The molecule has 1 aromatic carbocycles. The van der Waals surface area contributed by atoms with Gasteiger partial charge in [0.1, 0.15) is 11.5 Å². The maximum atomic E-state index is 9.35. The smallest absolute Gasteiger partial charge is 0.120 e. The van der Waals surface area contributed by atoms with E-state index in [2.05, 4.69) is 0 Å². The van der Waals surface area contributed by atoms with E-state index in [1.807, 2.05) is 6.92 Å². The van der Waals surface area contributed by atoms with Gasteiger partial charge in [-0.05, 0) is 24.6 Å². The monoisotopic (exact) mass is 203 g/mol. The van der Waals surface area contributed by atoms with Crippen molar-refractivity contribution in [3.8, 4) is 11.5 Å². The van der Waals surface area contributed by atoms with Crippen molar-refractivity contribution in [2.45, 2.75) is 19.4 Å². The second kappa shape index (κ2) is 4.94. The van der Waals surface area contributed by atoms with E-state index in [1.165, 1.54) is 18.2 Å². The zero-order valence-electron chi connectivity index (χ0n) is 7.40. The summed E-state index contributed by atoms with van der Waals surface area (Å²) in [5.41, 5.74) is 6.29. The molecular weight excluding hydrogens is 190 g/mol. The van der Waals surface area contributed by atoms with E-state index in [-0.39, 0.29) is 29.9 Å². The number of rotatable bonds is 2. The molecule has 74 valence electrons. The fourth-order valence-electron chi connectivity index (χ4n) is 1.06. The highest BCUT2D eigenvalue weighted by Gasteiger charge is 2.08. The van der Waals surface area contributed by atoms with Crippen molar-refractivity contribution in [1.29, 1.82) is 0 Å². The molecule has 1 atom stereocenters. The van der Waals surface area contributed by atoms with Gasteiger partial charge in [-0.15, -0.1) is 12.4 Å². The van der Waals surface area contributed by atoms with Crippen LogP contribution in [0.1, 0.15) is 24.9 Å². The minimum atomic E-state index is -0.211. The average molecular weight is 204 g/mol. The van der Waals surface area contributed by atoms with E-state index >= 15 is 0 Å². The predicted octanol–water partition coefficient (Wildman–Crippen LogP) is 1.93. The summed E-state index contributed by atoms with van der Waals surface area (Å²) in [5, 5.41) is 18.5. The van der Waals surface area contributed by atoms with E-state index in [0.29, 0.717) is 5.56 Å². The van der Waals surface area contributed by atoms with E-state index in [4.69, 9.17) is 10.8 Å². The van der Waals surface area contributed by atoms with Crippen LogP contribution < -0.4 is 5.73 Å². The molecule has 0 spiro atoms. The highest BCUT2D eigenvalue weighted by Crippen LogP contribution is 2.27. The van der Waals surface area contributed by atoms with Gasteiger partial charge in [-0.2, -0.15) is 0 Å². The maximum absolute atomic E-state index is 9.35. The van der Waals surface area contributed by atoms with Crippen molar-refractivity contribution in [2.75, 3.05) is 0 Å². The zero-order valence-corrected chi connectivity index (χ0v) is 8.21. The molecule has 1 rings (SSSR count). The van der Waals surface area contributed by atoms with Crippen LogP contribution >= 0.6 is 12.4 Å². The molecule has 4 N–H and O–H groups in total. The molecule has 0 radical (unpaired) electrons. The van der Waals surface area contributed by atoms with Crippen LogP contribution in [0, 0.1) is 0 Å². The average Bonchev–Trinajstić information content (AvgIpc) is 2.08. The number of phenols is 2. The van der Waals surface area contributed by atoms with Crippen LogP contribution in [0.3, 0.4) is 0 Å². The molecule has 4 heteroatoms. The van der Waals surface area contributed by atoms with Crippen LogP contribution in [-0.4, -0.2) is 10.2 Å². The third kappa shape index (κ3) is 2.79. The van der Waals surface area contributed by atoms with Gasteiger partial charge in [0.25, 0.3) is 0 Å². The Morgan fingerprint density at radius 3 is 2.54 bits per heavy atom. The molecule has 0 aliphatic rings. The SMILES string of the molecule is CC[C@H](N)c1cc(O)ccc1O.Cl. The summed E-state index contributed by atoms with van der Waals surface area (Å²) in [6.45, 7) is 1.92. The summed E-state index contributed by atoms with van der Waals surface area (Å²) >= 11 is 0. The van der Waals surface area contributed by atoms with Crippen LogP contribution in [0.2, 0.25) is 0 Å². The minimum Gasteiger partial charge on any atom is -0.508 e. The van der Waals surface area contributed by atoms with Gasteiger partial charge in [0.2, 0.25) is 0 Å². The molecule has 0 aromatic heterocycles. The first-order valence-corrected chi connectivity index (χ1v) is 3.92. The number of aromatic hydroxyl groups is 2. The summed E-state index contributed by atoms with van der Waals surface area (Å²) in [5.74, 6) is 0.272. The quantitative estimate of drug-likeness (QED) is 0.644. The molecule has 0 bridgehead atoms. The molecule has 13 heavy (non-hydrogen) atoms. The summed E-state index contributed by atoms with van der Waals surface area (Å²) in [6.07, 6.45) is 0.733. The Kier molecular flexibility index (Phi) is 4.59. The zero-order chi connectivity index (χ0) is 9.14. The highest BCUT2D eigenvalue weighted by atomic mass is 35.5. The third-order valence-electron chi connectivity index (χ3n) is 1.85. The third-order valence-corrected chi connectivity index (χ3v) is 1.85. The van der Waals surface area contributed by atoms with Gasteiger partial charge in [-0.1, -0.05) is 6.92 Å². The molecule has 0 saturated heterocycles. The lowest BCUT2D eigenvalue weighted by Gasteiger charge is -2.10. The highest BCUT2D eigenvalue weighted by molar-refractivity contribution is 5.85. The standard InChI is InChI=1S/C9H13NO2.ClH/c1-2-8(10)7-5-6(11)3-4-9(7)12;/h3-5,8,11-12H,2,10H2,1H3;1H/t8-;/m0./s1. The van der Waals surface area contributed by atoms with E-state index in [0.717, 1.165) is 6.42 Å². The molecule has 0 heterocycles. The first-order valence-electron chi connectivity index (χ1n) is 3.92. The van der Waals surface area contributed by atoms with Crippen molar-refractivity contribution >= 4 is 12.4 Å². The van der Waals surface area contributed by atoms with Crippen molar-refractivity contribution in [2.24, 2.45) is 5.73 Å². The Labute approximate surface area is 83.6 Å². The maximum Gasteiger partial charge on any atom is 0.120 e. The lowest BCUT2D eigenvalue weighted by Crippen LogP contribution is -2.08. The second-order valence-electron chi connectivity index (χ2n) is 2.76. The van der Waals surface area contributed by atoms with Gasteiger partial charge in [0.05, 0.1) is 0 Å². The van der Waals surface area contributed by atoms with Crippen LogP contribution in [0.15, 0.2) is 18.2 Å². The lowest BCUT2D eigenvalue weighted by molar-refractivity contribution is 0.447. The number of phenolic OH excluding ortho intramolecular Hbond substituents is 2. The Hall–Kier alpha value is -0.930. The van der Waals surface area contributed by atoms with Crippen molar-refractivity contribution in [1.82, 2.24) is 0 Å². The van der Waals surface area contributed by atoms with Crippen LogP contribution in [0.5, 0.6) is 11.5 Å². The Morgan fingerprint density at radius 2 is 2.00 bits per heavy atom. The summed E-state index contributed by atoms with van der Waals surface area (Å²) in [7, 11) is 0. The normalized spacial score (nSPS) is 11.8. The van der Waals surface area contributed by atoms with Crippen molar-refractivity contribution in [3.63, 3.8) is 0 Å². The van der Waals surface area contributed by atoms with Gasteiger partial charge < -0.3 is 15.9 Å². The van der Waals surface area contributed by atoms with Crippen molar-refractivity contribution < 1.29 is 10.2 Å². The molecule has 0 amide bonds. The Bertz CT molecular complexity index is 278. The second-order valence-corrected chi connectivity index (χ2v) is 2.76. The topological polar surface area (TPSA) is 66.5 Å². The number of halogens is 1. The van der Waals surface area contributed by atoms with Crippen LogP contribution in [-0.2, 0) is 0 Å². The van der Waals surface area contributed by atoms with Crippen molar-refractivity contribution in [3.05, 3.63) is 23.8 Å². The Balaban J connectivity index is 0.00000144. The Morgan fingerprint density at radius 1 is 1.38 bits per heavy atom. The van der Waals surface area contributed by atoms with Crippen LogP contribution in [0.25, 0.3) is 0 Å². The van der Waals surface area contributed by atoms with E-state index in [1.54, 1.807) is 0 Å². The van der Waals surface area contributed by atoms with Gasteiger partial charge in [0.15, 0.2) is 0 Å². The molecule has 0 aliphatic carbocycles. The number of nitrogens with two attached hydrogens (primary N) is 1. The molecule has 0 fully saturated rings. The molecule has 0 saturated carbocycles. The first-order chi connectivity index (χ1) is 5.65. The molecule has 0 unspecified atom stereocenters. The fourth-order valence-corrected chi connectivity index (χ4v) is 1.06. The summed E-state index contributed by atoms with van der Waals surface area (Å²) in [4.78, 5) is 0. The summed E-state index contributed by atoms with van der Waals surface area (Å²) < 4.78 is 0. The molecule has 1 aromatic rings. The largest absolute Gasteiger partial charge is 0.508 e. The van der Waals surface area contributed by atoms with Gasteiger partial charge >= 0.3 is 0 Å².